The summed E-state index contributed by atoms with van der Waals surface area (Å²) in [5, 5.41) is 1.33. The van der Waals surface area contributed by atoms with Crippen LogP contribution >= 0.6 is 0 Å². The van der Waals surface area contributed by atoms with E-state index in [0.717, 1.165) is 25.1 Å². The van der Waals surface area contributed by atoms with Gasteiger partial charge in [-0.25, -0.2) is 0 Å². The third-order valence-corrected chi connectivity index (χ3v) is 7.77. The van der Waals surface area contributed by atoms with Crippen molar-refractivity contribution in [3.05, 3.63) is 41.6 Å². The minimum atomic E-state index is 0.0646. The molecule has 0 N–H and O–H groups in total. The zero-order chi connectivity index (χ0) is 19.6. The van der Waals surface area contributed by atoms with E-state index in [1.54, 1.807) is 0 Å². The van der Waals surface area contributed by atoms with Crippen LogP contribution in [0.5, 0.6) is 0 Å². The first-order valence-corrected chi connectivity index (χ1v) is 11.2. The fourth-order valence-corrected chi connectivity index (χ4v) is 6.36. The first-order chi connectivity index (χ1) is 14.2. The largest absolute Gasteiger partial charge is 0.378 e. The van der Waals surface area contributed by atoms with Crippen molar-refractivity contribution in [3.63, 3.8) is 0 Å². The van der Waals surface area contributed by atoms with Crippen LogP contribution in [-0.4, -0.2) is 59.7 Å². The molecular formula is C24H29N3O2. The number of hydrogen-bond donors (Lipinski definition) is 0. The fourth-order valence-electron chi connectivity index (χ4n) is 6.36. The summed E-state index contributed by atoms with van der Waals surface area (Å²) in [6, 6.07) is 9.09. The van der Waals surface area contributed by atoms with E-state index in [4.69, 9.17) is 4.74 Å². The van der Waals surface area contributed by atoms with E-state index in [0.29, 0.717) is 32.3 Å². The molecule has 5 nitrogen and oxygen atoms in total. The van der Waals surface area contributed by atoms with Gasteiger partial charge in [0, 0.05) is 36.1 Å². The van der Waals surface area contributed by atoms with Crippen molar-refractivity contribution in [2.75, 3.05) is 39.4 Å². The number of carbonyl (C=O) groups is 1. The Labute approximate surface area is 171 Å². The van der Waals surface area contributed by atoms with Gasteiger partial charge in [-0.3, -0.25) is 9.69 Å². The second-order valence-corrected chi connectivity index (χ2v) is 9.03. The lowest BCUT2D eigenvalue weighted by Crippen LogP contribution is -2.52. The van der Waals surface area contributed by atoms with E-state index in [1.807, 2.05) is 4.90 Å². The predicted octanol–water partition coefficient (Wildman–Crippen LogP) is 3.44. The molecule has 4 aliphatic heterocycles. The van der Waals surface area contributed by atoms with Crippen molar-refractivity contribution in [3.8, 4) is 0 Å². The summed E-state index contributed by atoms with van der Waals surface area (Å²) in [6.07, 6.45) is 6.92. The van der Waals surface area contributed by atoms with Gasteiger partial charge in [-0.05, 0) is 49.9 Å². The van der Waals surface area contributed by atoms with Gasteiger partial charge in [0.15, 0.2) is 0 Å². The summed E-state index contributed by atoms with van der Waals surface area (Å²) in [5.41, 5.74) is 5.02. The average molecular weight is 392 g/mol. The Morgan fingerprint density at radius 2 is 2.00 bits per heavy atom. The minimum absolute atomic E-state index is 0.0646. The van der Waals surface area contributed by atoms with Gasteiger partial charge < -0.3 is 14.2 Å². The van der Waals surface area contributed by atoms with Crippen molar-refractivity contribution in [1.82, 2.24) is 14.4 Å². The van der Waals surface area contributed by atoms with Crippen LogP contribution in [-0.2, 0) is 16.0 Å². The van der Waals surface area contributed by atoms with Crippen LogP contribution in [0.2, 0.25) is 0 Å². The summed E-state index contributed by atoms with van der Waals surface area (Å²) in [5.74, 6) is 0.172. The van der Waals surface area contributed by atoms with Gasteiger partial charge in [-0.15, -0.1) is 0 Å². The molecule has 1 aromatic carbocycles. The minimum Gasteiger partial charge on any atom is -0.378 e. The van der Waals surface area contributed by atoms with Crippen molar-refractivity contribution >= 4 is 22.5 Å². The molecule has 0 radical (unpaired) electrons. The number of para-hydroxylation sites is 1. The van der Waals surface area contributed by atoms with Gasteiger partial charge in [0.25, 0.3) is 5.91 Å². The van der Waals surface area contributed by atoms with Crippen molar-refractivity contribution in [1.29, 1.82) is 0 Å². The number of piperidine rings is 1. The summed E-state index contributed by atoms with van der Waals surface area (Å²) in [6.45, 7) is 7.27. The molecule has 0 saturated carbocycles. The van der Waals surface area contributed by atoms with Crippen molar-refractivity contribution in [2.24, 2.45) is 5.41 Å². The first-order valence-electron chi connectivity index (χ1n) is 11.2. The van der Waals surface area contributed by atoms with E-state index < -0.39 is 0 Å². The second-order valence-electron chi connectivity index (χ2n) is 9.03. The maximum Gasteiger partial charge on any atom is 0.270 e. The Morgan fingerprint density at radius 1 is 1.17 bits per heavy atom. The van der Waals surface area contributed by atoms with Crippen LogP contribution in [0, 0.1) is 5.41 Å². The molecule has 4 aliphatic rings. The zero-order valence-corrected chi connectivity index (χ0v) is 17.2. The van der Waals surface area contributed by atoms with Gasteiger partial charge in [-0.2, -0.15) is 0 Å². The second kappa shape index (κ2) is 6.44. The Bertz CT molecular complexity index is 1020. The number of benzene rings is 1. The van der Waals surface area contributed by atoms with Crippen LogP contribution in [0.1, 0.15) is 43.5 Å². The van der Waals surface area contributed by atoms with Crippen molar-refractivity contribution in [2.45, 2.75) is 38.6 Å². The number of fused-ring (bicyclic) bond motifs is 3. The molecule has 0 bridgehead atoms. The molecule has 152 valence electrons. The van der Waals surface area contributed by atoms with Gasteiger partial charge in [0.05, 0.1) is 24.8 Å². The molecule has 2 atom stereocenters. The molecule has 1 aromatic heterocycles. The summed E-state index contributed by atoms with van der Waals surface area (Å²) in [7, 11) is 0. The molecular weight excluding hydrogens is 362 g/mol. The monoisotopic (exact) mass is 391 g/mol. The summed E-state index contributed by atoms with van der Waals surface area (Å²) >= 11 is 0. The highest BCUT2D eigenvalue weighted by Gasteiger charge is 2.51. The Morgan fingerprint density at radius 3 is 2.83 bits per heavy atom. The molecule has 5 heterocycles. The summed E-state index contributed by atoms with van der Waals surface area (Å²) in [4.78, 5) is 18.5. The highest BCUT2D eigenvalue weighted by molar-refractivity contribution is 6.16. The summed E-state index contributed by atoms with van der Waals surface area (Å²) < 4.78 is 7.84. The molecule has 0 spiro atoms. The highest BCUT2D eigenvalue weighted by atomic mass is 16.5. The molecule has 29 heavy (non-hydrogen) atoms. The molecule has 2 aromatic rings. The molecule has 0 unspecified atom stereocenters. The van der Waals surface area contributed by atoms with Crippen LogP contribution < -0.4 is 0 Å². The molecule has 2 fully saturated rings. The first kappa shape index (κ1) is 17.7. The van der Waals surface area contributed by atoms with E-state index in [9.17, 15) is 4.79 Å². The third kappa shape index (κ3) is 2.37. The molecule has 6 rings (SSSR count). The van der Waals surface area contributed by atoms with E-state index >= 15 is 0 Å². The van der Waals surface area contributed by atoms with Crippen molar-refractivity contribution < 1.29 is 9.53 Å². The average Bonchev–Trinajstić information content (AvgIpc) is 3.13. The van der Waals surface area contributed by atoms with E-state index in [-0.39, 0.29) is 11.3 Å². The lowest BCUT2D eigenvalue weighted by Gasteiger charge is -2.53. The standard InChI is InChI=1S/C24H29N3O2/c1-2-24-9-5-10-25-11-8-18-17-6-3-4-7-19(17)27(21(18)22(24)25)20(16-24)23(28)26-12-14-29-15-13-26/h3-4,6-7,16,22H,2,5,8-15H2,1H3/t22-,24+/m1/s1. The SMILES string of the molecule is CC[C@@]12C=C(C(=O)N3CCOCC3)n3c4c(c5ccccc53)CCN(CCC1)[C@H]42. The number of rotatable bonds is 2. The molecule has 2 saturated heterocycles. The molecule has 5 heteroatoms. The lowest BCUT2D eigenvalue weighted by atomic mass is 9.66. The zero-order valence-electron chi connectivity index (χ0n) is 17.2. The number of nitrogens with zero attached hydrogens (tertiary/aromatic N) is 3. The smallest absolute Gasteiger partial charge is 0.270 e. The number of morpholine rings is 1. The third-order valence-electron chi connectivity index (χ3n) is 7.77. The Hall–Kier alpha value is -2.11. The lowest BCUT2D eigenvalue weighted by molar-refractivity contribution is -0.129. The van der Waals surface area contributed by atoms with Crippen LogP contribution in [0.4, 0.5) is 0 Å². The van der Waals surface area contributed by atoms with Crippen LogP contribution in [0.3, 0.4) is 0 Å². The van der Waals surface area contributed by atoms with Gasteiger partial charge in [0.2, 0.25) is 0 Å². The maximum atomic E-state index is 13.8. The molecule has 1 amide bonds. The molecule has 0 aliphatic carbocycles. The number of amides is 1. The Balaban J connectivity index is 1.61. The van der Waals surface area contributed by atoms with Crippen LogP contribution in [0.25, 0.3) is 16.6 Å². The van der Waals surface area contributed by atoms with Gasteiger partial charge >= 0.3 is 0 Å². The van der Waals surface area contributed by atoms with E-state index in [2.05, 4.69) is 46.7 Å². The topological polar surface area (TPSA) is 37.7 Å². The predicted molar refractivity (Wildman–Crippen MR) is 114 cm³/mol. The number of ether oxygens (including phenoxy) is 1. The van der Waals surface area contributed by atoms with Gasteiger partial charge in [-0.1, -0.05) is 25.1 Å². The maximum absolute atomic E-state index is 13.8. The van der Waals surface area contributed by atoms with Gasteiger partial charge in [0.1, 0.15) is 5.70 Å². The van der Waals surface area contributed by atoms with Crippen LogP contribution in [0.15, 0.2) is 30.3 Å². The normalized spacial score (nSPS) is 28.9. The number of hydrogen-bond acceptors (Lipinski definition) is 3. The Kier molecular flexibility index (Phi) is 3.94. The number of carbonyl (C=O) groups excluding carboxylic acids is 1. The quantitative estimate of drug-likeness (QED) is 0.787. The van der Waals surface area contributed by atoms with E-state index in [1.165, 1.54) is 41.5 Å². The fraction of sp³-hybridized carbons (Fsp3) is 0.542. The number of aromatic nitrogens is 1. The highest BCUT2D eigenvalue weighted by Crippen LogP contribution is 2.57.